The summed E-state index contributed by atoms with van der Waals surface area (Å²) in [6, 6.07) is 1.78. The highest BCUT2D eigenvalue weighted by molar-refractivity contribution is 6.01. The third kappa shape index (κ3) is 2.75. The molecule has 0 spiro atoms. The molecule has 0 bridgehead atoms. The third-order valence-corrected chi connectivity index (χ3v) is 4.86. The van der Waals surface area contributed by atoms with E-state index in [1.807, 2.05) is 6.07 Å². The van der Waals surface area contributed by atoms with Crippen molar-refractivity contribution in [3.8, 4) is 0 Å². The Morgan fingerprint density at radius 2 is 2.27 bits per heavy atom. The van der Waals surface area contributed by atoms with Crippen molar-refractivity contribution in [2.24, 2.45) is 0 Å². The largest absolute Gasteiger partial charge is 0.347 e. The molecule has 1 fully saturated rings. The molecule has 0 aliphatic carbocycles. The summed E-state index contributed by atoms with van der Waals surface area (Å²) >= 11 is 0. The number of amides is 2. The second-order valence-corrected chi connectivity index (χ2v) is 6.61. The van der Waals surface area contributed by atoms with Gasteiger partial charge in [-0.15, -0.1) is 0 Å². The van der Waals surface area contributed by atoms with Crippen molar-refractivity contribution in [2.45, 2.75) is 25.8 Å². The summed E-state index contributed by atoms with van der Waals surface area (Å²) < 4.78 is 1.74. The Morgan fingerprint density at radius 1 is 1.42 bits per heavy atom. The molecule has 26 heavy (non-hydrogen) atoms. The number of nitrogens with zero attached hydrogens (tertiary/aromatic N) is 3. The molecule has 0 radical (unpaired) electrons. The van der Waals surface area contributed by atoms with Crippen LogP contribution in [0, 0.1) is 0 Å². The Kier molecular flexibility index (Phi) is 3.98. The minimum atomic E-state index is -0.234. The van der Waals surface area contributed by atoms with E-state index in [9.17, 15) is 14.4 Å². The van der Waals surface area contributed by atoms with Gasteiger partial charge in [-0.3, -0.25) is 14.2 Å². The van der Waals surface area contributed by atoms with Gasteiger partial charge >= 0.3 is 5.69 Å². The van der Waals surface area contributed by atoms with E-state index >= 15 is 0 Å². The van der Waals surface area contributed by atoms with Crippen molar-refractivity contribution in [3.63, 3.8) is 0 Å². The van der Waals surface area contributed by atoms with E-state index in [2.05, 4.69) is 20.3 Å². The molecule has 0 unspecified atom stereocenters. The maximum Gasteiger partial charge on any atom is 0.326 e. The second kappa shape index (κ2) is 6.32. The quantitative estimate of drug-likeness (QED) is 0.634. The summed E-state index contributed by atoms with van der Waals surface area (Å²) in [6.07, 6.45) is 5.06. The lowest BCUT2D eigenvalue weighted by Gasteiger charge is -2.33. The van der Waals surface area contributed by atoms with Crippen LogP contribution >= 0.6 is 0 Å². The van der Waals surface area contributed by atoms with Crippen LogP contribution in [0.1, 0.15) is 25.8 Å². The van der Waals surface area contributed by atoms with Crippen molar-refractivity contribution in [3.05, 3.63) is 28.9 Å². The number of aromatic nitrogens is 4. The lowest BCUT2D eigenvalue weighted by Crippen LogP contribution is -2.46. The number of aromatic amines is 2. The smallest absolute Gasteiger partial charge is 0.326 e. The highest BCUT2D eigenvalue weighted by Crippen LogP contribution is 2.27. The Bertz CT molecular complexity index is 1050. The molecule has 4 rings (SSSR count). The van der Waals surface area contributed by atoms with Gasteiger partial charge in [0.15, 0.2) is 0 Å². The molecule has 1 atom stereocenters. The predicted molar refractivity (Wildman–Crippen MR) is 95.7 cm³/mol. The number of fused-ring (bicyclic) bond motifs is 3. The first-order valence-electron chi connectivity index (χ1n) is 8.63. The molecule has 9 nitrogen and oxygen atoms in total. The van der Waals surface area contributed by atoms with Gasteiger partial charge in [-0.1, -0.05) is 0 Å². The third-order valence-electron chi connectivity index (χ3n) is 4.86. The van der Waals surface area contributed by atoms with E-state index in [1.54, 1.807) is 21.9 Å². The van der Waals surface area contributed by atoms with E-state index in [4.69, 9.17) is 0 Å². The number of carbonyl (C=O) groups is 2. The van der Waals surface area contributed by atoms with Crippen molar-refractivity contribution in [1.29, 1.82) is 0 Å². The molecule has 1 aliphatic heterocycles. The number of hydrogen-bond acceptors (Lipinski definition) is 4. The summed E-state index contributed by atoms with van der Waals surface area (Å²) in [7, 11) is 0. The zero-order valence-electron chi connectivity index (χ0n) is 14.4. The van der Waals surface area contributed by atoms with E-state index < -0.39 is 0 Å². The summed E-state index contributed by atoms with van der Waals surface area (Å²) in [5, 5.41) is 3.41. The van der Waals surface area contributed by atoms with Gasteiger partial charge in [0.1, 0.15) is 5.65 Å². The Balaban J connectivity index is 1.68. The van der Waals surface area contributed by atoms with Crippen LogP contribution in [0.3, 0.4) is 0 Å². The van der Waals surface area contributed by atoms with Gasteiger partial charge in [0.05, 0.1) is 29.8 Å². The predicted octanol–water partition coefficient (Wildman–Crippen LogP) is 0.505. The zero-order chi connectivity index (χ0) is 18.3. The van der Waals surface area contributed by atoms with Crippen molar-refractivity contribution in [1.82, 2.24) is 29.7 Å². The number of piperidine rings is 1. The average molecular weight is 356 g/mol. The molecular weight excluding hydrogens is 336 g/mol. The van der Waals surface area contributed by atoms with Gasteiger partial charge in [-0.25, -0.2) is 9.78 Å². The molecule has 2 amide bonds. The van der Waals surface area contributed by atoms with Gasteiger partial charge in [0.2, 0.25) is 11.8 Å². The number of hydrogen-bond donors (Lipinski definition) is 3. The maximum absolute atomic E-state index is 12.6. The van der Waals surface area contributed by atoms with Crippen molar-refractivity contribution >= 4 is 33.9 Å². The molecule has 1 aliphatic rings. The molecule has 9 heteroatoms. The van der Waals surface area contributed by atoms with Crippen LogP contribution in [-0.4, -0.2) is 55.9 Å². The van der Waals surface area contributed by atoms with Crippen LogP contribution in [0.5, 0.6) is 0 Å². The first kappa shape index (κ1) is 16.4. The highest BCUT2D eigenvalue weighted by Gasteiger charge is 2.27. The number of imidazole rings is 1. The summed E-state index contributed by atoms with van der Waals surface area (Å²) in [5.74, 6) is -0.367. The molecular formula is C17H20N6O3. The average Bonchev–Trinajstić information content (AvgIpc) is 3.22. The minimum absolute atomic E-state index is 0.0171. The monoisotopic (exact) mass is 356 g/mol. The Morgan fingerprint density at radius 3 is 3.08 bits per heavy atom. The van der Waals surface area contributed by atoms with Gasteiger partial charge in [0.25, 0.3) is 0 Å². The number of carbonyl (C=O) groups excluding carboxylic acids is 2. The minimum Gasteiger partial charge on any atom is -0.347 e. The molecule has 3 aromatic rings. The fraction of sp³-hybridized carbons (Fsp3) is 0.412. The van der Waals surface area contributed by atoms with Crippen LogP contribution in [0.15, 0.2) is 23.3 Å². The molecule has 4 heterocycles. The molecule has 0 aromatic carbocycles. The van der Waals surface area contributed by atoms with Gasteiger partial charge in [-0.2, -0.15) is 0 Å². The number of rotatable bonds is 3. The first-order chi connectivity index (χ1) is 12.5. The second-order valence-electron chi connectivity index (χ2n) is 6.61. The zero-order valence-corrected chi connectivity index (χ0v) is 14.4. The van der Waals surface area contributed by atoms with Crippen molar-refractivity contribution in [2.75, 3.05) is 19.6 Å². The van der Waals surface area contributed by atoms with E-state index in [1.165, 1.54) is 6.92 Å². The van der Waals surface area contributed by atoms with E-state index in [0.717, 1.165) is 29.4 Å². The van der Waals surface area contributed by atoms with Crippen LogP contribution in [0.4, 0.5) is 0 Å². The standard InChI is InChI=1S/C17H20N6O3/c1-10(24)19-8-14(25)22-6-2-3-11(9-22)23-15-12-4-5-18-16(12)20-7-13(15)21-17(23)26/h4-5,7,11H,2-3,6,8-9H2,1H3,(H,18,20)(H,19,24)(H,21,26)/t11-/m1/s1. The van der Waals surface area contributed by atoms with E-state index in [-0.39, 0.29) is 30.1 Å². The molecule has 0 saturated carbocycles. The number of nitrogens with one attached hydrogen (secondary N) is 3. The lowest BCUT2D eigenvalue weighted by atomic mass is 10.0. The Hall–Kier alpha value is -3.10. The highest BCUT2D eigenvalue weighted by atomic mass is 16.2. The summed E-state index contributed by atoms with van der Waals surface area (Å²) in [4.78, 5) is 47.9. The number of pyridine rings is 1. The van der Waals surface area contributed by atoms with Gasteiger partial charge < -0.3 is 20.2 Å². The summed E-state index contributed by atoms with van der Waals surface area (Å²) in [6.45, 7) is 2.44. The molecule has 1 saturated heterocycles. The number of H-pyrrole nitrogens is 2. The summed E-state index contributed by atoms with van der Waals surface area (Å²) in [5.41, 5.74) is 2.02. The van der Waals surface area contributed by atoms with Crippen LogP contribution in [0.25, 0.3) is 22.1 Å². The van der Waals surface area contributed by atoms with Gasteiger partial charge in [-0.05, 0) is 18.9 Å². The lowest BCUT2D eigenvalue weighted by molar-refractivity contribution is -0.133. The Labute approximate surface area is 148 Å². The maximum atomic E-state index is 12.6. The van der Waals surface area contributed by atoms with Crippen molar-refractivity contribution < 1.29 is 9.59 Å². The fourth-order valence-electron chi connectivity index (χ4n) is 3.67. The topological polar surface area (TPSA) is 116 Å². The number of likely N-dealkylation sites (tertiary alicyclic amines) is 1. The van der Waals surface area contributed by atoms with Gasteiger partial charge in [0, 0.05) is 31.6 Å². The molecule has 3 N–H and O–H groups in total. The SMILES string of the molecule is CC(=O)NCC(=O)N1CCC[C@@H](n2c(=O)[nH]c3cnc4[nH]ccc4c32)C1. The van der Waals surface area contributed by atoms with Crippen LogP contribution in [-0.2, 0) is 9.59 Å². The van der Waals surface area contributed by atoms with Crippen LogP contribution < -0.4 is 11.0 Å². The van der Waals surface area contributed by atoms with Crippen LogP contribution in [0.2, 0.25) is 0 Å². The fourth-order valence-corrected chi connectivity index (χ4v) is 3.67. The van der Waals surface area contributed by atoms with E-state index in [0.29, 0.717) is 18.6 Å². The molecule has 3 aromatic heterocycles. The first-order valence-corrected chi connectivity index (χ1v) is 8.63. The molecule has 136 valence electrons. The normalized spacial score (nSPS) is 17.7.